The molecule has 0 aliphatic carbocycles. The zero-order valence-electron chi connectivity index (χ0n) is 16.4. The highest BCUT2D eigenvalue weighted by Gasteiger charge is 2.12. The molecular weight excluding hydrogens is 436 g/mol. The molecule has 0 unspecified atom stereocenters. The van der Waals surface area contributed by atoms with Crippen LogP contribution in [0.2, 0.25) is 0 Å². The molecule has 0 atom stereocenters. The van der Waals surface area contributed by atoms with Gasteiger partial charge in [0.2, 0.25) is 0 Å². The van der Waals surface area contributed by atoms with Gasteiger partial charge in [-0.2, -0.15) is 5.26 Å². The minimum Gasteiger partial charge on any atom is -0.481 e. The van der Waals surface area contributed by atoms with Gasteiger partial charge in [0.05, 0.1) is 11.1 Å². The summed E-state index contributed by atoms with van der Waals surface area (Å²) in [6.07, 6.45) is 1.48. The lowest BCUT2D eigenvalue weighted by Crippen LogP contribution is -2.15. The number of nitrogens with zero attached hydrogens (tertiary/aromatic N) is 1. The first-order valence-corrected chi connectivity index (χ1v) is 9.71. The lowest BCUT2D eigenvalue weighted by atomic mass is 10.1. The molecule has 29 heavy (non-hydrogen) atoms. The Hall–Kier alpha value is -3.11. The first-order chi connectivity index (χ1) is 13.8. The second-order valence-corrected chi connectivity index (χ2v) is 7.08. The number of benzene rings is 2. The molecule has 0 aliphatic heterocycles. The molecule has 2 aromatic rings. The van der Waals surface area contributed by atoms with Gasteiger partial charge in [0.1, 0.15) is 17.4 Å². The van der Waals surface area contributed by atoms with Crippen molar-refractivity contribution in [3.05, 3.63) is 63.1 Å². The van der Waals surface area contributed by atoms with Crippen LogP contribution in [0.15, 0.2) is 46.4 Å². The lowest BCUT2D eigenvalue weighted by molar-refractivity contribution is -0.145. The molecule has 150 valence electrons. The van der Waals surface area contributed by atoms with E-state index in [1.54, 1.807) is 25.1 Å². The van der Waals surface area contributed by atoms with Crippen LogP contribution in [0.4, 0.5) is 5.69 Å². The number of hydrogen-bond donors (Lipinski definition) is 1. The lowest BCUT2D eigenvalue weighted by Gasteiger charge is -2.09. The SMILES string of the molecule is CCOC(=O)COc1ccc(/C=C(\C#N)C(=O)Nc2ccc(C)cc2C)cc1Br. The van der Waals surface area contributed by atoms with Crippen LogP contribution < -0.4 is 10.1 Å². The number of hydrogen-bond acceptors (Lipinski definition) is 5. The topological polar surface area (TPSA) is 88.4 Å². The third kappa shape index (κ3) is 6.47. The summed E-state index contributed by atoms with van der Waals surface area (Å²) >= 11 is 3.37. The summed E-state index contributed by atoms with van der Waals surface area (Å²) in [5.74, 6) is -0.495. The predicted octanol–water partition coefficient (Wildman–Crippen LogP) is 4.55. The van der Waals surface area contributed by atoms with Gasteiger partial charge in [-0.05, 0) is 72.1 Å². The van der Waals surface area contributed by atoms with Crippen molar-refractivity contribution in [1.29, 1.82) is 5.26 Å². The quantitative estimate of drug-likeness (QED) is 0.374. The Bertz CT molecular complexity index is 993. The Labute approximate surface area is 178 Å². The highest BCUT2D eigenvalue weighted by atomic mass is 79.9. The summed E-state index contributed by atoms with van der Waals surface area (Å²) in [4.78, 5) is 23.9. The van der Waals surface area contributed by atoms with Gasteiger partial charge in [0.25, 0.3) is 5.91 Å². The first-order valence-electron chi connectivity index (χ1n) is 8.92. The van der Waals surface area contributed by atoms with Crippen molar-refractivity contribution in [3.63, 3.8) is 0 Å². The number of anilines is 1. The molecule has 0 spiro atoms. The van der Waals surface area contributed by atoms with E-state index >= 15 is 0 Å². The second kappa shape index (κ2) is 10.4. The minimum absolute atomic E-state index is 0.0305. The molecular formula is C22H21BrN2O4. The van der Waals surface area contributed by atoms with Crippen LogP contribution in [-0.2, 0) is 14.3 Å². The smallest absolute Gasteiger partial charge is 0.344 e. The standard InChI is InChI=1S/C22H21BrN2O4/c1-4-28-21(26)13-29-20-8-6-16(11-18(20)23)10-17(12-24)22(27)25-19-7-5-14(2)9-15(19)3/h5-11H,4,13H2,1-3H3,(H,25,27)/b17-10+. The van der Waals surface area contributed by atoms with Crippen molar-refractivity contribution in [1.82, 2.24) is 0 Å². The minimum atomic E-state index is -0.488. The molecule has 0 aromatic heterocycles. The molecule has 7 heteroatoms. The number of carbonyl (C=O) groups excluding carboxylic acids is 2. The molecule has 0 radical (unpaired) electrons. The van der Waals surface area contributed by atoms with Gasteiger partial charge < -0.3 is 14.8 Å². The van der Waals surface area contributed by atoms with E-state index in [1.165, 1.54) is 6.08 Å². The van der Waals surface area contributed by atoms with E-state index < -0.39 is 11.9 Å². The van der Waals surface area contributed by atoms with E-state index in [4.69, 9.17) is 9.47 Å². The number of esters is 1. The summed E-state index contributed by atoms with van der Waals surface area (Å²) in [5, 5.41) is 12.2. The molecule has 6 nitrogen and oxygen atoms in total. The van der Waals surface area contributed by atoms with Gasteiger partial charge in [-0.3, -0.25) is 4.79 Å². The van der Waals surface area contributed by atoms with Gasteiger partial charge in [-0.25, -0.2) is 4.79 Å². The van der Waals surface area contributed by atoms with Gasteiger partial charge >= 0.3 is 5.97 Å². The van der Waals surface area contributed by atoms with E-state index in [-0.39, 0.29) is 18.8 Å². The Morgan fingerprint density at radius 3 is 2.59 bits per heavy atom. The van der Waals surface area contributed by atoms with Crippen LogP contribution >= 0.6 is 15.9 Å². The van der Waals surface area contributed by atoms with Gasteiger partial charge in [0, 0.05) is 5.69 Å². The highest BCUT2D eigenvalue weighted by Crippen LogP contribution is 2.27. The van der Waals surface area contributed by atoms with Crippen LogP contribution in [0.5, 0.6) is 5.75 Å². The van der Waals surface area contributed by atoms with Crippen molar-refractivity contribution in [3.8, 4) is 11.8 Å². The van der Waals surface area contributed by atoms with Crippen molar-refractivity contribution >= 4 is 39.6 Å². The maximum absolute atomic E-state index is 12.5. The van der Waals surface area contributed by atoms with Crippen LogP contribution in [-0.4, -0.2) is 25.1 Å². The third-order valence-electron chi connectivity index (χ3n) is 3.91. The van der Waals surface area contributed by atoms with Gasteiger partial charge in [-0.15, -0.1) is 0 Å². The average Bonchev–Trinajstić information content (AvgIpc) is 2.67. The molecule has 0 aliphatic rings. The Morgan fingerprint density at radius 1 is 1.21 bits per heavy atom. The normalized spacial score (nSPS) is 10.8. The highest BCUT2D eigenvalue weighted by molar-refractivity contribution is 9.10. The molecule has 2 aromatic carbocycles. The van der Waals surface area contributed by atoms with Crippen LogP contribution in [0.25, 0.3) is 6.08 Å². The van der Waals surface area contributed by atoms with Crippen molar-refractivity contribution in [2.24, 2.45) is 0 Å². The number of halogens is 1. The van der Waals surface area contributed by atoms with Gasteiger partial charge in [-0.1, -0.05) is 23.8 Å². The number of ether oxygens (including phenoxy) is 2. The molecule has 0 fully saturated rings. The summed E-state index contributed by atoms with van der Waals surface area (Å²) in [6, 6.07) is 12.6. The summed E-state index contributed by atoms with van der Waals surface area (Å²) < 4.78 is 10.8. The predicted molar refractivity (Wildman–Crippen MR) is 114 cm³/mol. The maximum atomic E-state index is 12.5. The monoisotopic (exact) mass is 456 g/mol. The van der Waals surface area contributed by atoms with Crippen molar-refractivity contribution in [2.75, 3.05) is 18.5 Å². The van der Waals surface area contributed by atoms with E-state index in [9.17, 15) is 14.9 Å². The zero-order chi connectivity index (χ0) is 21.4. The van der Waals surface area contributed by atoms with Gasteiger partial charge in [0.15, 0.2) is 6.61 Å². The number of nitriles is 1. The van der Waals surface area contributed by atoms with E-state index in [1.807, 2.05) is 38.1 Å². The first kappa shape index (κ1) is 22.2. The molecule has 1 amide bonds. The number of carbonyl (C=O) groups is 2. The molecule has 2 rings (SSSR count). The van der Waals surface area contributed by atoms with Crippen LogP contribution in [0.1, 0.15) is 23.6 Å². The molecule has 1 N–H and O–H groups in total. The van der Waals surface area contributed by atoms with E-state index in [0.29, 0.717) is 21.5 Å². The molecule has 0 heterocycles. The number of amides is 1. The Kier molecular flexibility index (Phi) is 7.98. The Morgan fingerprint density at radius 2 is 1.97 bits per heavy atom. The molecule has 0 bridgehead atoms. The van der Waals surface area contributed by atoms with Crippen molar-refractivity contribution in [2.45, 2.75) is 20.8 Å². The maximum Gasteiger partial charge on any atom is 0.344 e. The van der Waals surface area contributed by atoms with Crippen LogP contribution in [0.3, 0.4) is 0 Å². The largest absolute Gasteiger partial charge is 0.481 e. The van der Waals surface area contributed by atoms with E-state index in [2.05, 4.69) is 21.2 Å². The number of rotatable bonds is 7. The fourth-order valence-electron chi connectivity index (χ4n) is 2.52. The zero-order valence-corrected chi connectivity index (χ0v) is 18.0. The average molecular weight is 457 g/mol. The number of aryl methyl sites for hydroxylation is 2. The fourth-order valence-corrected chi connectivity index (χ4v) is 3.03. The van der Waals surface area contributed by atoms with Crippen molar-refractivity contribution < 1.29 is 19.1 Å². The summed E-state index contributed by atoms with van der Waals surface area (Å²) in [6.45, 7) is 5.66. The second-order valence-electron chi connectivity index (χ2n) is 6.23. The van der Waals surface area contributed by atoms with E-state index in [0.717, 1.165) is 11.1 Å². The van der Waals surface area contributed by atoms with Crippen LogP contribution in [0, 0.1) is 25.2 Å². The third-order valence-corrected chi connectivity index (χ3v) is 4.53. The summed E-state index contributed by atoms with van der Waals surface area (Å²) in [7, 11) is 0. The molecule has 0 saturated carbocycles. The summed E-state index contributed by atoms with van der Waals surface area (Å²) in [5.41, 5.74) is 3.27. The Balaban J connectivity index is 2.13. The fraction of sp³-hybridized carbons (Fsp3) is 0.227. The number of nitrogens with one attached hydrogen (secondary N) is 1. The molecule has 0 saturated heterocycles.